The van der Waals surface area contributed by atoms with Crippen molar-refractivity contribution in [1.29, 1.82) is 0 Å². The van der Waals surface area contributed by atoms with Gasteiger partial charge in [0.15, 0.2) is 29.2 Å². The van der Waals surface area contributed by atoms with Crippen LogP contribution in [0.2, 0.25) is 0 Å². The van der Waals surface area contributed by atoms with Gasteiger partial charge in [0.2, 0.25) is 0 Å². The first-order valence-corrected chi connectivity index (χ1v) is 18.3. The second-order valence-corrected chi connectivity index (χ2v) is 15.0. The Hall–Kier alpha value is -2.13. The predicted octanol–water partition coefficient (Wildman–Crippen LogP) is -9.68. The second-order valence-electron chi connectivity index (χ2n) is 12.0. The molecule has 24 nitrogen and oxygen atoms in total. The summed E-state index contributed by atoms with van der Waals surface area (Å²) in [5.74, 6) is -0.243. The number of phosphoric ester groups is 2. The summed E-state index contributed by atoms with van der Waals surface area (Å²) in [6, 6.07) is 3.27. The van der Waals surface area contributed by atoms with Gasteiger partial charge in [0, 0.05) is 0 Å². The van der Waals surface area contributed by atoms with Crippen LogP contribution in [0.3, 0.4) is 0 Å². The van der Waals surface area contributed by atoms with E-state index in [-0.39, 0.29) is 98.6 Å². The third-order valence-electron chi connectivity index (χ3n) is 8.38. The summed E-state index contributed by atoms with van der Waals surface area (Å²) in [6.45, 7) is 0.570. The Morgan fingerprint density at radius 2 is 1.65 bits per heavy atom. The molecule has 2 aromatic heterocycles. The summed E-state index contributed by atoms with van der Waals surface area (Å²) in [4.78, 5) is 71.1. The Balaban J connectivity index is 0.00000336. The maximum Gasteiger partial charge on any atom is 1.00 e. The number of H-pyrrole nitrogens is 1. The fraction of sp³-hybridized carbons (Fsp3) is 0.444. The molecule has 0 aliphatic carbocycles. The van der Waals surface area contributed by atoms with Crippen LogP contribution in [0.1, 0.15) is 17.4 Å². The number of aliphatic hydroxyl groups excluding tert-OH is 5. The molecule has 3 aromatic rings. The molecule has 1 aromatic carbocycles. The molecular weight excluding hydrogens is 798 g/mol. The SMILES string of the molecule is Cc1cc2nc3c(=O)[nH]c(=O)nc-3n(CC(O)C(O)C(O)COP(=O)([O-])OP(=O)([O-])OC[C@H]3O[C@@H](n4cnc5c(N)ncnc54)[C@H](O)[C@@H]3O)c2cc1C.[Na+].[Na+]. The molecule has 0 radical (unpaired) electrons. The molecule has 9 atom stereocenters. The molecule has 1 saturated heterocycles. The van der Waals surface area contributed by atoms with Crippen molar-refractivity contribution in [1.82, 2.24) is 39.0 Å². The molecule has 8 N–H and O–H groups in total. The van der Waals surface area contributed by atoms with Gasteiger partial charge in [-0.1, -0.05) is 0 Å². The number of nitrogens with two attached hydrogens (primary N) is 1. The number of benzene rings is 1. The standard InChI is InChI=1S/C27H33N9O15P2.2Na/c1-10-3-12-13(4-11(10)2)35(24-18(32-12)25(42)34-27(43)33-24)5-14(37)19(39)15(38)6-48-52(44,45)51-53(46,47)49-7-16-20(40)21(41)26(50-16)36-9-31-17-22(28)29-8-30-23(17)36;;/h3-4,8-9,14-16,19-21,26,37-41H,5-7H2,1-2H3,(H,44,45)(H,46,47)(H2,28,29,30)(H,34,42,43);;/q;2*+1/p-2/t14?,15?,16-,19?,20-,21-,26-;;/m1../s1. The summed E-state index contributed by atoms with van der Waals surface area (Å²) in [7, 11) is -11.6. The number of nitrogens with zero attached hydrogens (tertiary/aromatic N) is 7. The molecule has 0 amide bonds. The van der Waals surface area contributed by atoms with Crippen molar-refractivity contribution >= 4 is 43.7 Å². The van der Waals surface area contributed by atoms with E-state index in [0.29, 0.717) is 0 Å². The van der Waals surface area contributed by atoms with Gasteiger partial charge >= 0.3 is 64.8 Å². The van der Waals surface area contributed by atoms with Crippen LogP contribution in [0.25, 0.3) is 33.7 Å². The van der Waals surface area contributed by atoms with Crippen molar-refractivity contribution in [2.75, 3.05) is 18.9 Å². The summed E-state index contributed by atoms with van der Waals surface area (Å²) in [5, 5.41) is 52.9. The van der Waals surface area contributed by atoms with Crippen LogP contribution in [0, 0.1) is 13.8 Å². The summed E-state index contributed by atoms with van der Waals surface area (Å²) in [5.41, 5.74) is 5.97. The number of aromatic nitrogens is 8. The first-order valence-electron chi connectivity index (χ1n) is 15.4. The molecule has 6 rings (SSSR count). The van der Waals surface area contributed by atoms with E-state index >= 15 is 0 Å². The van der Waals surface area contributed by atoms with Crippen LogP contribution >= 0.6 is 15.6 Å². The molecule has 3 aliphatic rings. The Kier molecular flexibility index (Phi) is 14.7. The van der Waals surface area contributed by atoms with E-state index in [1.807, 2.05) is 4.98 Å². The minimum Gasteiger partial charge on any atom is -0.756 e. The number of aromatic amines is 1. The topological polar surface area (TPSA) is 369 Å². The molecule has 5 unspecified atom stereocenters. The minimum absolute atomic E-state index is 0. The number of anilines is 1. The molecule has 0 spiro atoms. The maximum atomic E-state index is 12.5. The van der Waals surface area contributed by atoms with Gasteiger partial charge in [0.25, 0.3) is 21.2 Å². The molecule has 286 valence electrons. The van der Waals surface area contributed by atoms with E-state index in [1.54, 1.807) is 26.0 Å². The number of hydrogen-bond donors (Lipinski definition) is 7. The Morgan fingerprint density at radius 3 is 2.36 bits per heavy atom. The van der Waals surface area contributed by atoms with Gasteiger partial charge in [-0.15, -0.1) is 0 Å². The zero-order chi connectivity index (χ0) is 38.6. The van der Waals surface area contributed by atoms with Crippen LogP contribution in [0.4, 0.5) is 5.82 Å². The van der Waals surface area contributed by atoms with Gasteiger partial charge < -0.3 is 59.4 Å². The fourth-order valence-electron chi connectivity index (χ4n) is 5.54. The number of aryl methyl sites for hydroxylation is 2. The van der Waals surface area contributed by atoms with Crippen LogP contribution in [0.5, 0.6) is 0 Å². The third kappa shape index (κ3) is 9.78. The number of phosphoric acid groups is 2. The van der Waals surface area contributed by atoms with Crippen molar-refractivity contribution < 1.29 is 122 Å². The average Bonchev–Trinajstić information content (AvgIpc) is 3.63. The normalized spacial score (nSPS) is 22.4. The fourth-order valence-corrected chi connectivity index (χ4v) is 7.56. The zero-order valence-corrected chi connectivity index (χ0v) is 35.2. The van der Waals surface area contributed by atoms with Crippen LogP contribution < -0.4 is 85.9 Å². The first-order chi connectivity index (χ1) is 24.9. The largest absolute Gasteiger partial charge is 1.00 e. The Bertz CT molecular complexity index is 2370. The van der Waals surface area contributed by atoms with E-state index in [2.05, 4.69) is 38.3 Å². The molecule has 0 bridgehead atoms. The number of ether oxygens (including phenoxy) is 1. The minimum atomic E-state index is -5.85. The number of fused-ring (bicyclic) bond motifs is 3. The molecule has 55 heavy (non-hydrogen) atoms. The predicted molar refractivity (Wildman–Crippen MR) is 172 cm³/mol. The number of aliphatic hydroxyl groups is 5. The number of hydrogen-bond acceptors (Lipinski definition) is 21. The summed E-state index contributed by atoms with van der Waals surface area (Å²) >= 11 is 0. The van der Waals surface area contributed by atoms with E-state index in [0.717, 1.165) is 17.5 Å². The van der Waals surface area contributed by atoms with Crippen LogP contribution in [-0.2, 0) is 33.8 Å². The summed E-state index contributed by atoms with van der Waals surface area (Å²) in [6.07, 6.45) is -10.3. The Morgan fingerprint density at radius 1 is 0.982 bits per heavy atom. The molecule has 5 heterocycles. The quantitative estimate of drug-likeness (QED) is 0.0329. The van der Waals surface area contributed by atoms with Gasteiger partial charge in [-0.3, -0.25) is 23.5 Å². The monoisotopic (exact) mass is 829 g/mol. The Labute approximate surface area is 352 Å². The number of nitrogen functional groups attached to an aromatic ring is 1. The number of rotatable bonds is 13. The zero-order valence-electron chi connectivity index (χ0n) is 29.4. The first kappa shape index (κ1) is 45.6. The molecule has 0 saturated carbocycles. The number of imidazole rings is 1. The van der Waals surface area contributed by atoms with Crippen molar-refractivity contribution in [3.63, 3.8) is 0 Å². The van der Waals surface area contributed by atoms with E-state index < -0.39 is 89.5 Å². The van der Waals surface area contributed by atoms with Crippen LogP contribution in [0.15, 0.2) is 34.4 Å². The smallest absolute Gasteiger partial charge is 0.756 e. The van der Waals surface area contributed by atoms with Crippen molar-refractivity contribution in [3.8, 4) is 11.5 Å². The molecule has 28 heteroatoms. The second kappa shape index (κ2) is 17.8. The van der Waals surface area contributed by atoms with E-state index in [1.165, 1.54) is 15.5 Å². The van der Waals surface area contributed by atoms with Gasteiger partial charge in [-0.25, -0.2) is 29.0 Å². The van der Waals surface area contributed by atoms with E-state index in [4.69, 9.17) is 10.5 Å². The third-order valence-corrected chi connectivity index (χ3v) is 10.9. The van der Waals surface area contributed by atoms with Gasteiger partial charge in [-0.2, -0.15) is 4.98 Å². The number of nitrogens with one attached hydrogen (secondary N) is 1. The van der Waals surface area contributed by atoms with Gasteiger partial charge in [0.05, 0.1) is 37.1 Å². The molecule has 3 aliphatic heterocycles. The van der Waals surface area contributed by atoms with Crippen molar-refractivity contribution in [2.45, 2.75) is 63.2 Å². The average molecular weight is 830 g/mol. The van der Waals surface area contributed by atoms with Crippen LogP contribution in [-0.4, -0.2) is 114 Å². The molecule has 1 fully saturated rings. The molecular formula is C27H31N9Na2O15P2. The summed E-state index contributed by atoms with van der Waals surface area (Å²) < 4.78 is 45.7. The van der Waals surface area contributed by atoms with Crippen molar-refractivity contribution in [2.24, 2.45) is 0 Å². The van der Waals surface area contributed by atoms with E-state index in [9.17, 15) is 54.0 Å². The van der Waals surface area contributed by atoms with Gasteiger partial charge in [0.1, 0.15) is 48.5 Å². The van der Waals surface area contributed by atoms with Gasteiger partial charge in [-0.05, 0) is 37.1 Å². The van der Waals surface area contributed by atoms with Crippen molar-refractivity contribution in [3.05, 3.63) is 56.8 Å². The maximum absolute atomic E-state index is 12.5.